The summed E-state index contributed by atoms with van der Waals surface area (Å²) in [5.74, 6) is 0.0715. The third kappa shape index (κ3) is 4.71. The first kappa shape index (κ1) is 19.9. The molecule has 0 aliphatic carbocycles. The molecule has 6 nitrogen and oxygen atoms in total. The molecule has 0 unspecified atom stereocenters. The second-order valence-electron chi connectivity index (χ2n) is 6.57. The molecule has 0 amide bonds. The lowest BCUT2D eigenvalue weighted by molar-refractivity contribution is -0.135. The maximum absolute atomic E-state index is 11.9. The Balaban J connectivity index is 2.09. The number of aromatic nitrogens is 2. The van der Waals surface area contributed by atoms with E-state index in [1.54, 1.807) is 10.9 Å². The van der Waals surface area contributed by atoms with Crippen molar-refractivity contribution in [3.05, 3.63) is 71.9 Å². The molecule has 0 spiro atoms. The summed E-state index contributed by atoms with van der Waals surface area (Å²) in [6.45, 7) is 3.93. The predicted molar refractivity (Wildman–Crippen MR) is 110 cm³/mol. The summed E-state index contributed by atoms with van der Waals surface area (Å²) in [6, 6.07) is 19.0. The largest absolute Gasteiger partial charge is 0.491 e. The number of rotatable bonds is 6. The number of hydrogen-bond acceptors (Lipinski definition) is 5. The van der Waals surface area contributed by atoms with Gasteiger partial charge in [-0.25, -0.2) is 9.48 Å². The molecule has 0 fully saturated rings. The maximum Gasteiger partial charge on any atom is 0.348 e. The molecule has 0 atom stereocenters. The van der Waals surface area contributed by atoms with E-state index in [1.807, 2.05) is 74.5 Å². The number of ether oxygens (including phenoxy) is 2. The Labute approximate surface area is 169 Å². The van der Waals surface area contributed by atoms with Gasteiger partial charge < -0.3 is 9.47 Å². The second-order valence-corrected chi connectivity index (χ2v) is 6.57. The normalized spacial score (nSPS) is 11.2. The monoisotopic (exact) mass is 387 g/mol. The lowest BCUT2D eigenvalue weighted by Crippen LogP contribution is -2.05. The maximum atomic E-state index is 11.9. The average molecular weight is 387 g/mol. The summed E-state index contributed by atoms with van der Waals surface area (Å²) < 4.78 is 12.1. The van der Waals surface area contributed by atoms with Crippen LogP contribution in [0.3, 0.4) is 0 Å². The van der Waals surface area contributed by atoms with E-state index in [1.165, 1.54) is 13.2 Å². The molecule has 0 radical (unpaired) electrons. The van der Waals surface area contributed by atoms with Crippen LogP contribution in [0.2, 0.25) is 0 Å². The molecule has 1 heterocycles. The molecule has 2 aromatic carbocycles. The minimum atomic E-state index is -0.688. The first-order chi connectivity index (χ1) is 14.0. The zero-order valence-corrected chi connectivity index (χ0v) is 16.5. The minimum Gasteiger partial charge on any atom is -0.491 e. The highest BCUT2D eigenvalue weighted by Gasteiger charge is 2.15. The number of hydrogen-bond donors (Lipinski definition) is 0. The zero-order chi connectivity index (χ0) is 20.8. The molecule has 0 aliphatic rings. The molecule has 0 saturated heterocycles. The van der Waals surface area contributed by atoms with E-state index in [2.05, 4.69) is 5.10 Å². The number of esters is 1. The summed E-state index contributed by atoms with van der Waals surface area (Å²) >= 11 is 0. The third-order valence-corrected chi connectivity index (χ3v) is 4.09. The zero-order valence-electron chi connectivity index (χ0n) is 16.5. The van der Waals surface area contributed by atoms with E-state index in [4.69, 9.17) is 9.47 Å². The molecule has 6 heteroatoms. The van der Waals surface area contributed by atoms with Gasteiger partial charge in [-0.15, -0.1) is 0 Å². The van der Waals surface area contributed by atoms with Crippen LogP contribution in [-0.2, 0) is 9.53 Å². The van der Waals surface area contributed by atoms with Gasteiger partial charge in [0.05, 0.1) is 24.6 Å². The van der Waals surface area contributed by atoms with Crippen molar-refractivity contribution < 1.29 is 14.3 Å². The first-order valence-corrected chi connectivity index (χ1v) is 9.14. The molecule has 3 aromatic rings. The molecule has 3 rings (SSSR count). The van der Waals surface area contributed by atoms with Crippen LogP contribution in [0.5, 0.6) is 5.75 Å². The standard InChI is InChI=1S/C23H21N3O3/c1-16(2)29-21-11-9-17(10-12-21)22-19(13-18(14-24)23(27)28-3)15-26(25-22)20-7-5-4-6-8-20/h4-13,15-16H,1-3H3/b18-13+. The van der Waals surface area contributed by atoms with Crippen molar-refractivity contribution in [2.45, 2.75) is 20.0 Å². The molecule has 0 N–H and O–H groups in total. The van der Waals surface area contributed by atoms with Crippen molar-refractivity contribution in [2.24, 2.45) is 0 Å². The minimum absolute atomic E-state index is 0.0786. The molecule has 1 aromatic heterocycles. The van der Waals surface area contributed by atoms with Crippen LogP contribution in [0.1, 0.15) is 19.4 Å². The smallest absolute Gasteiger partial charge is 0.348 e. The molecule has 0 bridgehead atoms. The Morgan fingerprint density at radius 2 is 1.83 bits per heavy atom. The van der Waals surface area contributed by atoms with E-state index >= 15 is 0 Å². The second kappa shape index (κ2) is 8.89. The molecular formula is C23H21N3O3. The van der Waals surface area contributed by atoms with Crippen LogP contribution >= 0.6 is 0 Å². The number of nitrogens with zero attached hydrogens (tertiary/aromatic N) is 3. The molecule has 0 aliphatic heterocycles. The van der Waals surface area contributed by atoms with Gasteiger partial charge >= 0.3 is 5.97 Å². The molecule has 29 heavy (non-hydrogen) atoms. The van der Waals surface area contributed by atoms with Gasteiger partial charge in [-0.3, -0.25) is 0 Å². The van der Waals surface area contributed by atoms with E-state index in [9.17, 15) is 10.1 Å². The Hall–Kier alpha value is -3.85. The van der Waals surface area contributed by atoms with Crippen molar-refractivity contribution in [1.82, 2.24) is 9.78 Å². The van der Waals surface area contributed by atoms with Crippen LogP contribution in [0.4, 0.5) is 0 Å². The average Bonchev–Trinajstić information content (AvgIpc) is 3.16. The summed E-state index contributed by atoms with van der Waals surface area (Å²) in [4.78, 5) is 11.9. The number of carbonyl (C=O) groups is 1. The van der Waals surface area contributed by atoms with Crippen LogP contribution in [0.15, 0.2) is 66.4 Å². The lowest BCUT2D eigenvalue weighted by Gasteiger charge is -2.09. The van der Waals surface area contributed by atoms with Crippen molar-refractivity contribution >= 4 is 12.0 Å². The van der Waals surface area contributed by atoms with Crippen molar-refractivity contribution in [1.29, 1.82) is 5.26 Å². The Bertz CT molecular complexity index is 1060. The van der Waals surface area contributed by atoms with E-state index < -0.39 is 5.97 Å². The quantitative estimate of drug-likeness (QED) is 0.356. The van der Waals surface area contributed by atoms with Crippen molar-refractivity contribution in [3.63, 3.8) is 0 Å². The van der Waals surface area contributed by atoms with Gasteiger partial charge in [0.1, 0.15) is 17.4 Å². The van der Waals surface area contributed by atoms with Crippen molar-refractivity contribution in [3.8, 4) is 28.8 Å². The summed E-state index contributed by atoms with van der Waals surface area (Å²) in [5.41, 5.74) is 2.88. The number of carbonyl (C=O) groups excluding carboxylic acids is 1. The van der Waals surface area contributed by atoms with Gasteiger partial charge in [0.25, 0.3) is 0 Å². The number of nitriles is 1. The Morgan fingerprint density at radius 3 is 2.41 bits per heavy atom. The highest BCUT2D eigenvalue weighted by molar-refractivity contribution is 5.98. The summed E-state index contributed by atoms with van der Waals surface area (Å²) in [7, 11) is 1.25. The molecule has 146 valence electrons. The first-order valence-electron chi connectivity index (χ1n) is 9.14. The fourth-order valence-corrected chi connectivity index (χ4v) is 2.80. The van der Waals surface area contributed by atoms with Gasteiger partial charge in [0.15, 0.2) is 0 Å². The SMILES string of the molecule is COC(=O)/C(C#N)=C/c1cn(-c2ccccc2)nc1-c1ccc(OC(C)C)cc1. The van der Waals surface area contributed by atoms with Gasteiger partial charge in [-0.1, -0.05) is 18.2 Å². The summed E-state index contributed by atoms with van der Waals surface area (Å²) in [6.07, 6.45) is 3.35. The number of benzene rings is 2. The van der Waals surface area contributed by atoms with Gasteiger partial charge in [-0.2, -0.15) is 10.4 Å². The van der Waals surface area contributed by atoms with Gasteiger partial charge in [0.2, 0.25) is 0 Å². The molecular weight excluding hydrogens is 366 g/mol. The Kier molecular flexibility index (Phi) is 6.10. The fraction of sp³-hybridized carbons (Fsp3) is 0.174. The van der Waals surface area contributed by atoms with Gasteiger partial charge in [-0.05, 0) is 56.3 Å². The Morgan fingerprint density at radius 1 is 1.14 bits per heavy atom. The van der Waals surface area contributed by atoms with Crippen LogP contribution in [0, 0.1) is 11.3 Å². The highest BCUT2D eigenvalue weighted by atomic mass is 16.5. The summed E-state index contributed by atoms with van der Waals surface area (Å²) in [5, 5.41) is 14.0. The number of para-hydroxylation sites is 1. The van der Waals surface area contributed by atoms with Crippen molar-refractivity contribution in [2.75, 3.05) is 7.11 Å². The highest BCUT2D eigenvalue weighted by Crippen LogP contribution is 2.28. The van der Waals surface area contributed by atoms with Crippen LogP contribution in [-0.4, -0.2) is 29.0 Å². The predicted octanol–water partition coefficient (Wildman–Crippen LogP) is 4.41. The molecule has 0 saturated carbocycles. The van der Waals surface area contributed by atoms with Gasteiger partial charge in [0, 0.05) is 17.3 Å². The van der Waals surface area contributed by atoms with Crippen LogP contribution in [0.25, 0.3) is 23.0 Å². The topological polar surface area (TPSA) is 77.1 Å². The van der Waals surface area contributed by atoms with E-state index in [0.717, 1.165) is 17.0 Å². The number of methoxy groups -OCH3 is 1. The van der Waals surface area contributed by atoms with E-state index in [-0.39, 0.29) is 11.7 Å². The fourth-order valence-electron chi connectivity index (χ4n) is 2.80. The van der Waals surface area contributed by atoms with E-state index in [0.29, 0.717) is 11.3 Å². The lowest BCUT2D eigenvalue weighted by atomic mass is 10.1. The third-order valence-electron chi connectivity index (χ3n) is 4.09. The van der Waals surface area contributed by atoms with Crippen LogP contribution < -0.4 is 4.74 Å².